The molecular weight excluding hydrogens is 168 g/mol. The largest absolute Gasteiger partial charge is 0.444 e. The van der Waals surface area contributed by atoms with E-state index in [1.54, 1.807) is 0 Å². The highest BCUT2D eigenvalue weighted by Gasteiger charge is 2.30. The van der Waals surface area contributed by atoms with Gasteiger partial charge in [0, 0.05) is 12.1 Å². The Morgan fingerprint density at radius 2 is 2.08 bits per heavy atom. The third kappa shape index (κ3) is 3.22. The zero-order valence-electron chi connectivity index (χ0n) is 8.46. The van der Waals surface area contributed by atoms with E-state index in [2.05, 4.69) is 5.32 Å². The molecule has 0 radical (unpaired) electrons. The lowest BCUT2D eigenvalue weighted by atomic mass is 9.87. The lowest BCUT2D eigenvalue weighted by Gasteiger charge is -2.34. The van der Waals surface area contributed by atoms with Crippen molar-refractivity contribution in [3.8, 4) is 0 Å². The van der Waals surface area contributed by atoms with Crippen molar-refractivity contribution in [2.75, 3.05) is 0 Å². The summed E-state index contributed by atoms with van der Waals surface area (Å²) < 4.78 is 5.09. The summed E-state index contributed by atoms with van der Waals surface area (Å²) in [6.45, 7) is 5.52. The lowest BCUT2D eigenvalue weighted by Crippen LogP contribution is -2.55. The molecule has 0 unspecified atom stereocenters. The van der Waals surface area contributed by atoms with E-state index in [1.807, 2.05) is 20.8 Å². The van der Waals surface area contributed by atoms with E-state index in [-0.39, 0.29) is 18.2 Å². The summed E-state index contributed by atoms with van der Waals surface area (Å²) in [7, 11) is 0. The highest BCUT2D eigenvalue weighted by molar-refractivity contribution is 5.68. The first-order valence-corrected chi connectivity index (χ1v) is 4.63. The minimum atomic E-state index is -0.433. The van der Waals surface area contributed by atoms with Crippen LogP contribution in [0.25, 0.3) is 0 Å². The Balaban J connectivity index is 2.25. The smallest absolute Gasteiger partial charge is 0.407 e. The topological polar surface area (TPSA) is 64.3 Å². The number of carbonyl (C=O) groups is 1. The number of hydrogen-bond donors (Lipinski definition) is 2. The maximum absolute atomic E-state index is 11.2. The molecule has 1 fully saturated rings. The molecule has 0 aromatic rings. The molecule has 0 saturated heterocycles. The monoisotopic (exact) mass is 186 g/mol. The van der Waals surface area contributed by atoms with Gasteiger partial charge in [-0.1, -0.05) is 0 Å². The minimum Gasteiger partial charge on any atom is -0.444 e. The van der Waals surface area contributed by atoms with Gasteiger partial charge in [-0.3, -0.25) is 0 Å². The van der Waals surface area contributed by atoms with Crippen LogP contribution >= 0.6 is 0 Å². The van der Waals surface area contributed by atoms with Crippen LogP contribution in [0.4, 0.5) is 4.79 Å². The van der Waals surface area contributed by atoms with Gasteiger partial charge in [-0.15, -0.1) is 0 Å². The van der Waals surface area contributed by atoms with Crippen LogP contribution in [0.1, 0.15) is 33.6 Å². The third-order valence-electron chi connectivity index (χ3n) is 2.03. The van der Waals surface area contributed by atoms with Crippen LogP contribution in [-0.4, -0.2) is 23.8 Å². The molecule has 1 amide bonds. The van der Waals surface area contributed by atoms with Crippen molar-refractivity contribution in [2.45, 2.75) is 51.3 Å². The van der Waals surface area contributed by atoms with Crippen molar-refractivity contribution in [3.63, 3.8) is 0 Å². The van der Waals surface area contributed by atoms with Crippen LogP contribution in [-0.2, 0) is 4.74 Å². The SMILES string of the molecule is CC(C)(C)OC(=O)N[C@H]1CC[C@@H]1N. The van der Waals surface area contributed by atoms with Gasteiger partial charge in [0.25, 0.3) is 0 Å². The zero-order valence-corrected chi connectivity index (χ0v) is 8.46. The average Bonchev–Trinajstić information content (AvgIpc) is 1.94. The molecule has 0 aliphatic heterocycles. The summed E-state index contributed by atoms with van der Waals surface area (Å²) in [5, 5.41) is 2.74. The van der Waals surface area contributed by atoms with Crippen LogP contribution in [0.5, 0.6) is 0 Å². The number of nitrogens with two attached hydrogens (primary N) is 1. The van der Waals surface area contributed by atoms with Gasteiger partial charge in [-0.05, 0) is 33.6 Å². The fourth-order valence-corrected chi connectivity index (χ4v) is 1.16. The van der Waals surface area contributed by atoms with Gasteiger partial charge < -0.3 is 15.8 Å². The third-order valence-corrected chi connectivity index (χ3v) is 2.03. The first-order chi connectivity index (χ1) is 5.88. The molecule has 1 saturated carbocycles. The average molecular weight is 186 g/mol. The fraction of sp³-hybridized carbons (Fsp3) is 0.889. The zero-order chi connectivity index (χ0) is 10.1. The van der Waals surface area contributed by atoms with Crippen molar-refractivity contribution in [2.24, 2.45) is 5.73 Å². The molecule has 1 rings (SSSR count). The van der Waals surface area contributed by atoms with Crippen LogP contribution in [0, 0.1) is 0 Å². The van der Waals surface area contributed by atoms with E-state index in [0.717, 1.165) is 12.8 Å². The van der Waals surface area contributed by atoms with Crippen LogP contribution in [0.3, 0.4) is 0 Å². The molecule has 1 aliphatic rings. The van der Waals surface area contributed by atoms with Gasteiger partial charge in [-0.2, -0.15) is 0 Å². The summed E-state index contributed by atoms with van der Waals surface area (Å²) in [4.78, 5) is 11.2. The maximum Gasteiger partial charge on any atom is 0.407 e. The molecule has 13 heavy (non-hydrogen) atoms. The van der Waals surface area contributed by atoms with Crippen molar-refractivity contribution >= 4 is 6.09 Å². The summed E-state index contributed by atoms with van der Waals surface area (Å²) in [5.74, 6) is 0. The Hall–Kier alpha value is -0.770. The number of nitrogens with one attached hydrogen (secondary N) is 1. The number of alkyl carbamates (subject to hydrolysis) is 1. The number of carbonyl (C=O) groups excluding carboxylic acids is 1. The normalized spacial score (nSPS) is 27.7. The Labute approximate surface area is 78.8 Å². The molecule has 0 spiro atoms. The molecule has 0 aromatic carbocycles. The van der Waals surface area contributed by atoms with E-state index < -0.39 is 5.60 Å². The summed E-state index contributed by atoms with van der Waals surface area (Å²) in [5.41, 5.74) is 5.23. The molecule has 2 atom stereocenters. The molecule has 1 aliphatic carbocycles. The standard InChI is InChI=1S/C9H18N2O2/c1-9(2,3)13-8(12)11-7-5-4-6(7)10/h6-7H,4-5,10H2,1-3H3,(H,11,12)/t6-,7-/m0/s1. The van der Waals surface area contributed by atoms with Gasteiger partial charge in [0.1, 0.15) is 5.60 Å². The fourth-order valence-electron chi connectivity index (χ4n) is 1.16. The Morgan fingerprint density at radius 3 is 2.38 bits per heavy atom. The Kier molecular flexibility index (Phi) is 2.81. The van der Waals surface area contributed by atoms with E-state index in [0.29, 0.717) is 0 Å². The molecule has 3 N–H and O–H groups in total. The van der Waals surface area contributed by atoms with Crippen molar-refractivity contribution in [3.05, 3.63) is 0 Å². The highest BCUT2D eigenvalue weighted by Crippen LogP contribution is 2.18. The number of hydrogen-bond acceptors (Lipinski definition) is 3. The van der Waals surface area contributed by atoms with Gasteiger partial charge in [-0.25, -0.2) is 4.79 Å². The number of ether oxygens (including phenoxy) is 1. The Bertz CT molecular complexity index is 198. The predicted molar refractivity (Wildman–Crippen MR) is 50.4 cm³/mol. The second-order valence-electron chi connectivity index (χ2n) is 4.49. The van der Waals surface area contributed by atoms with Crippen molar-refractivity contribution in [1.29, 1.82) is 0 Å². The summed E-state index contributed by atoms with van der Waals surface area (Å²) in [6.07, 6.45) is 1.58. The minimum absolute atomic E-state index is 0.104. The van der Waals surface area contributed by atoms with Gasteiger partial charge in [0.15, 0.2) is 0 Å². The van der Waals surface area contributed by atoms with E-state index in [1.165, 1.54) is 0 Å². The van der Waals surface area contributed by atoms with Crippen molar-refractivity contribution in [1.82, 2.24) is 5.32 Å². The quantitative estimate of drug-likeness (QED) is 0.642. The van der Waals surface area contributed by atoms with Crippen LogP contribution in [0.15, 0.2) is 0 Å². The predicted octanol–water partition coefficient (Wildman–Crippen LogP) is 1.00. The molecule has 0 heterocycles. The molecule has 4 nitrogen and oxygen atoms in total. The molecule has 0 bridgehead atoms. The molecule has 76 valence electrons. The highest BCUT2D eigenvalue weighted by atomic mass is 16.6. The maximum atomic E-state index is 11.2. The van der Waals surface area contributed by atoms with Crippen LogP contribution < -0.4 is 11.1 Å². The van der Waals surface area contributed by atoms with E-state index in [9.17, 15) is 4.79 Å². The van der Waals surface area contributed by atoms with Gasteiger partial charge >= 0.3 is 6.09 Å². The van der Waals surface area contributed by atoms with Gasteiger partial charge in [0.05, 0.1) is 0 Å². The van der Waals surface area contributed by atoms with E-state index >= 15 is 0 Å². The lowest BCUT2D eigenvalue weighted by molar-refractivity contribution is 0.0467. The molecular formula is C9H18N2O2. The summed E-state index contributed by atoms with van der Waals surface area (Å²) >= 11 is 0. The second kappa shape index (κ2) is 3.54. The molecule has 0 aromatic heterocycles. The van der Waals surface area contributed by atoms with E-state index in [4.69, 9.17) is 10.5 Å². The van der Waals surface area contributed by atoms with Crippen LogP contribution in [0.2, 0.25) is 0 Å². The summed E-state index contributed by atoms with van der Waals surface area (Å²) in [6, 6.07) is 0.211. The molecule has 4 heteroatoms. The van der Waals surface area contributed by atoms with Crippen molar-refractivity contribution < 1.29 is 9.53 Å². The van der Waals surface area contributed by atoms with Gasteiger partial charge in [0.2, 0.25) is 0 Å². The number of rotatable bonds is 1. The first-order valence-electron chi connectivity index (χ1n) is 4.63. The number of amides is 1. The first kappa shape index (κ1) is 10.3. The Morgan fingerprint density at radius 1 is 1.46 bits per heavy atom. The second-order valence-corrected chi connectivity index (χ2v) is 4.49.